The van der Waals surface area contributed by atoms with Gasteiger partial charge in [-0.05, 0) is 49.2 Å². The molecule has 1 heterocycles. The second-order valence-electron chi connectivity index (χ2n) is 5.62. The normalized spacial score (nSPS) is 11.7. The van der Waals surface area contributed by atoms with Crippen molar-refractivity contribution in [2.24, 2.45) is 4.99 Å². The summed E-state index contributed by atoms with van der Waals surface area (Å²) in [5.74, 6) is 0.0827. The van der Waals surface area contributed by atoms with Gasteiger partial charge in [-0.1, -0.05) is 17.3 Å². The summed E-state index contributed by atoms with van der Waals surface area (Å²) in [6.45, 7) is 4.22. The van der Waals surface area contributed by atoms with Gasteiger partial charge in [0.1, 0.15) is 11.6 Å². The highest BCUT2D eigenvalue weighted by molar-refractivity contribution is 7.16. The van der Waals surface area contributed by atoms with Crippen molar-refractivity contribution in [3.63, 3.8) is 0 Å². The van der Waals surface area contributed by atoms with Crippen molar-refractivity contribution in [2.45, 2.75) is 20.4 Å². The third-order valence-electron chi connectivity index (χ3n) is 3.91. The maximum absolute atomic E-state index is 13.8. The molecule has 126 valence electrons. The Morgan fingerprint density at radius 2 is 1.96 bits per heavy atom. The first-order valence-electron chi connectivity index (χ1n) is 7.49. The summed E-state index contributed by atoms with van der Waals surface area (Å²) >= 11 is 1.30. The van der Waals surface area contributed by atoms with Crippen molar-refractivity contribution < 1.29 is 13.6 Å². The monoisotopic (exact) mass is 356 g/mol. The molecule has 0 aliphatic carbocycles. The molecule has 0 atom stereocenters. The number of rotatable bonds is 2. The number of fused-ring (bicyclic) bond motifs is 1. The van der Waals surface area contributed by atoms with Gasteiger partial charge >= 0.3 is 0 Å². The van der Waals surface area contributed by atoms with Crippen molar-refractivity contribution in [3.05, 3.63) is 63.5 Å². The summed E-state index contributed by atoms with van der Waals surface area (Å²) in [6.07, 6.45) is 5.44. The fourth-order valence-electron chi connectivity index (χ4n) is 2.46. The van der Waals surface area contributed by atoms with Crippen molar-refractivity contribution in [1.82, 2.24) is 4.57 Å². The lowest BCUT2D eigenvalue weighted by molar-refractivity contribution is 0.0994. The first-order valence-corrected chi connectivity index (χ1v) is 8.30. The quantitative estimate of drug-likeness (QED) is 0.640. The molecular formula is C19H14F2N2OS. The van der Waals surface area contributed by atoms with Gasteiger partial charge < -0.3 is 4.57 Å². The molecule has 0 N–H and O–H groups in total. The van der Waals surface area contributed by atoms with E-state index in [2.05, 4.69) is 10.9 Å². The van der Waals surface area contributed by atoms with E-state index < -0.39 is 17.5 Å². The number of halogens is 2. The maximum atomic E-state index is 13.8. The predicted molar refractivity (Wildman–Crippen MR) is 94.4 cm³/mol. The SMILES string of the molecule is C#CCn1c(=NC(=O)c2ccc(F)cc2F)sc2cc(C)c(C)cc21. The van der Waals surface area contributed by atoms with Gasteiger partial charge in [-0.3, -0.25) is 4.79 Å². The molecule has 0 radical (unpaired) electrons. The highest BCUT2D eigenvalue weighted by Crippen LogP contribution is 2.22. The Bertz CT molecular complexity index is 1100. The summed E-state index contributed by atoms with van der Waals surface area (Å²) in [6, 6.07) is 6.77. The molecule has 25 heavy (non-hydrogen) atoms. The zero-order valence-corrected chi connectivity index (χ0v) is 14.5. The van der Waals surface area contributed by atoms with Crippen molar-refractivity contribution in [1.29, 1.82) is 0 Å². The van der Waals surface area contributed by atoms with E-state index in [1.54, 1.807) is 4.57 Å². The molecule has 0 aliphatic rings. The second-order valence-corrected chi connectivity index (χ2v) is 6.63. The Morgan fingerprint density at radius 3 is 2.64 bits per heavy atom. The van der Waals surface area contributed by atoms with Crippen molar-refractivity contribution in [3.8, 4) is 12.3 Å². The Kier molecular flexibility index (Phi) is 4.51. The van der Waals surface area contributed by atoms with E-state index in [1.807, 2.05) is 26.0 Å². The number of terminal acetylenes is 1. The number of hydrogen-bond acceptors (Lipinski definition) is 2. The topological polar surface area (TPSA) is 34.4 Å². The number of amides is 1. The number of benzene rings is 2. The van der Waals surface area contributed by atoms with Gasteiger partial charge in [-0.15, -0.1) is 6.42 Å². The van der Waals surface area contributed by atoms with Crippen LogP contribution >= 0.6 is 11.3 Å². The van der Waals surface area contributed by atoms with Crippen LogP contribution in [-0.2, 0) is 6.54 Å². The lowest BCUT2D eigenvalue weighted by Crippen LogP contribution is -2.17. The van der Waals surface area contributed by atoms with Crippen LogP contribution in [0.2, 0.25) is 0 Å². The van der Waals surface area contributed by atoms with E-state index >= 15 is 0 Å². The zero-order chi connectivity index (χ0) is 18.1. The van der Waals surface area contributed by atoms with E-state index in [-0.39, 0.29) is 12.1 Å². The second kappa shape index (κ2) is 6.61. The fraction of sp³-hybridized carbons (Fsp3) is 0.158. The summed E-state index contributed by atoms with van der Waals surface area (Å²) in [5.41, 5.74) is 2.80. The van der Waals surface area contributed by atoms with Crippen LogP contribution in [0.25, 0.3) is 10.2 Å². The van der Waals surface area contributed by atoms with Crippen molar-refractivity contribution >= 4 is 27.5 Å². The molecule has 3 aromatic rings. The number of thiazole rings is 1. The van der Waals surface area contributed by atoms with Crippen LogP contribution in [0.15, 0.2) is 35.3 Å². The third-order valence-corrected chi connectivity index (χ3v) is 4.95. The summed E-state index contributed by atoms with van der Waals surface area (Å²) < 4.78 is 29.5. The number of hydrogen-bond donors (Lipinski definition) is 0. The molecule has 0 saturated carbocycles. The number of carbonyl (C=O) groups excluding carboxylic acids is 1. The van der Waals surface area contributed by atoms with Crippen LogP contribution in [0.4, 0.5) is 8.78 Å². The summed E-state index contributed by atoms with van der Waals surface area (Å²) in [4.78, 5) is 16.7. The molecule has 1 aromatic heterocycles. The lowest BCUT2D eigenvalue weighted by atomic mass is 10.1. The minimum atomic E-state index is -0.940. The predicted octanol–water partition coefficient (Wildman–Crippen LogP) is 3.97. The first kappa shape index (κ1) is 17.1. The molecule has 0 fully saturated rings. The number of nitrogens with zero attached hydrogens (tertiary/aromatic N) is 2. The smallest absolute Gasteiger partial charge is 0.282 e. The highest BCUT2D eigenvalue weighted by atomic mass is 32.1. The highest BCUT2D eigenvalue weighted by Gasteiger charge is 2.14. The molecule has 2 aromatic carbocycles. The van der Waals surface area contributed by atoms with E-state index in [0.717, 1.165) is 33.5 Å². The minimum absolute atomic E-state index is 0.237. The Hall–Kier alpha value is -2.78. The van der Waals surface area contributed by atoms with E-state index in [1.165, 1.54) is 11.3 Å². The Labute approximate surface area is 147 Å². The van der Waals surface area contributed by atoms with Crippen LogP contribution < -0.4 is 4.80 Å². The van der Waals surface area contributed by atoms with Crippen LogP contribution in [0.3, 0.4) is 0 Å². The van der Waals surface area contributed by atoms with Gasteiger partial charge in [0.15, 0.2) is 4.80 Å². The average molecular weight is 356 g/mol. The third kappa shape index (κ3) is 3.24. The Balaban J connectivity index is 2.20. The Morgan fingerprint density at radius 1 is 1.24 bits per heavy atom. The molecule has 0 saturated heterocycles. The molecule has 0 bridgehead atoms. The molecule has 3 nitrogen and oxygen atoms in total. The minimum Gasteiger partial charge on any atom is -0.305 e. The summed E-state index contributed by atoms with van der Waals surface area (Å²) in [5, 5.41) is 0. The standard InChI is InChI=1S/C19H14F2N2OS/c1-4-7-23-16-8-11(2)12(3)9-17(16)25-19(23)22-18(24)14-6-5-13(20)10-15(14)21/h1,5-6,8-10H,7H2,2-3H3. The molecule has 0 spiro atoms. The van der Waals surface area contributed by atoms with E-state index in [4.69, 9.17) is 6.42 Å². The average Bonchev–Trinajstić information content (AvgIpc) is 2.85. The lowest BCUT2D eigenvalue weighted by Gasteiger charge is -2.03. The van der Waals surface area contributed by atoms with Gasteiger partial charge in [0.05, 0.1) is 22.3 Å². The first-order chi connectivity index (χ1) is 11.9. The van der Waals surface area contributed by atoms with Crippen LogP contribution in [-0.4, -0.2) is 10.5 Å². The largest absolute Gasteiger partial charge is 0.305 e. The van der Waals surface area contributed by atoms with E-state index in [0.29, 0.717) is 10.9 Å². The molecule has 1 amide bonds. The van der Waals surface area contributed by atoms with Gasteiger partial charge in [0, 0.05) is 6.07 Å². The number of aromatic nitrogens is 1. The van der Waals surface area contributed by atoms with Crippen molar-refractivity contribution in [2.75, 3.05) is 0 Å². The maximum Gasteiger partial charge on any atom is 0.282 e. The van der Waals surface area contributed by atoms with Gasteiger partial charge in [0.25, 0.3) is 5.91 Å². The van der Waals surface area contributed by atoms with Crippen LogP contribution in [0.1, 0.15) is 21.5 Å². The molecule has 3 rings (SSSR count). The van der Waals surface area contributed by atoms with Crippen LogP contribution in [0, 0.1) is 37.8 Å². The molecule has 6 heteroatoms. The van der Waals surface area contributed by atoms with Crippen LogP contribution in [0.5, 0.6) is 0 Å². The fourth-order valence-corrected chi connectivity index (χ4v) is 3.57. The number of carbonyl (C=O) groups is 1. The molecular weight excluding hydrogens is 342 g/mol. The van der Waals surface area contributed by atoms with Gasteiger partial charge in [-0.25, -0.2) is 8.78 Å². The van der Waals surface area contributed by atoms with Gasteiger partial charge in [-0.2, -0.15) is 4.99 Å². The zero-order valence-electron chi connectivity index (χ0n) is 13.6. The van der Waals surface area contributed by atoms with E-state index in [9.17, 15) is 13.6 Å². The number of aryl methyl sites for hydroxylation is 2. The molecule has 0 unspecified atom stereocenters. The molecule has 0 aliphatic heterocycles. The van der Waals surface area contributed by atoms with Gasteiger partial charge in [0.2, 0.25) is 0 Å². The summed E-state index contributed by atoms with van der Waals surface area (Å²) in [7, 11) is 0.